The first kappa shape index (κ1) is 9.96. The number of sulfone groups is 1. The third kappa shape index (κ3) is 1.11. The van der Waals surface area contributed by atoms with Crippen molar-refractivity contribution in [2.75, 3.05) is 0 Å². The molecule has 1 unspecified atom stereocenters. The average Bonchev–Trinajstić information content (AvgIpc) is 2.30. The molecule has 80 valence electrons. The molecular formula is C9H14O4S. The van der Waals surface area contributed by atoms with E-state index in [1.54, 1.807) is 0 Å². The highest BCUT2D eigenvalue weighted by Crippen LogP contribution is 2.43. The molecule has 0 bridgehead atoms. The molecule has 1 spiro atoms. The lowest BCUT2D eigenvalue weighted by molar-refractivity contribution is -0.149. The zero-order chi connectivity index (χ0) is 10.4. The van der Waals surface area contributed by atoms with E-state index < -0.39 is 26.0 Å². The fourth-order valence-corrected chi connectivity index (χ4v) is 4.25. The Hall–Kier alpha value is -0.580. The minimum Gasteiger partial charge on any atom is -0.442 e. The summed E-state index contributed by atoms with van der Waals surface area (Å²) in [6.45, 7) is 1.42. The Morgan fingerprint density at radius 2 is 1.86 bits per heavy atom. The maximum absolute atomic E-state index is 11.9. The summed E-state index contributed by atoms with van der Waals surface area (Å²) in [5.41, 5.74) is 0. The summed E-state index contributed by atoms with van der Waals surface area (Å²) in [6.07, 6.45) is 3.65. The molecule has 1 atom stereocenters. The molecule has 0 N–H and O–H groups in total. The van der Waals surface area contributed by atoms with Crippen molar-refractivity contribution in [1.82, 2.24) is 0 Å². The van der Waals surface area contributed by atoms with Crippen molar-refractivity contribution >= 4 is 15.8 Å². The van der Waals surface area contributed by atoms with E-state index in [4.69, 9.17) is 4.74 Å². The number of ether oxygens (including phenoxy) is 1. The van der Waals surface area contributed by atoms with Gasteiger partial charge in [0.25, 0.3) is 0 Å². The molecule has 2 aliphatic rings. The summed E-state index contributed by atoms with van der Waals surface area (Å²) in [5.74, 6) is -0.577. The van der Waals surface area contributed by atoms with Crippen molar-refractivity contribution in [3.05, 3.63) is 0 Å². The second-order valence-electron chi connectivity index (χ2n) is 4.08. The van der Waals surface area contributed by atoms with Crippen LogP contribution in [0.2, 0.25) is 0 Å². The highest BCUT2D eigenvalue weighted by Gasteiger charge is 2.58. The quantitative estimate of drug-likeness (QED) is 0.569. The number of carbonyl (C=O) groups is 1. The zero-order valence-corrected chi connectivity index (χ0v) is 8.97. The van der Waals surface area contributed by atoms with Crippen LogP contribution in [0.1, 0.15) is 39.0 Å². The van der Waals surface area contributed by atoms with Gasteiger partial charge in [-0.25, -0.2) is 8.42 Å². The molecule has 0 aromatic carbocycles. The van der Waals surface area contributed by atoms with E-state index in [0.717, 1.165) is 19.3 Å². The summed E-state index contributed by atoms with van der Waals surface area (Å²) in [4.78, 5) is 10.1. The van der Waals surface area contributed by atoms with Crippen LogP contribution in [0.5, 0.6) is 0 Å². The van der Waals surface area contributed by atoms with Gasteiger partial charge >= 0.3 is 5.97 Å². The third-order valence-corrected chi connectivity index (χ3v) is 5.87. The lowest BCUT2D eigenvalue weighted by Gasteiger charge is -2.30. The third-order valence-electron chi connectivity index (χ3n) is 3.22. The maximum Gasteiger partial charge on any atom is 0.325 e. The Morgan fingerprint density at radius 3 is 2.29 bits per heavy atom. The summed E-state index contributed by atoms with van der Waals surface area (Å²) in [7, 11) is -3.41. The van der Waals surface area contributed by atoms with Gasteiger partial charge in [-0.3, -0.25) is 4.79 Å². The second kappa shape index (κ2) is 2.95. The Morgan fingerprint density at radius 1 is 1.29 bits per heavy atom. The first-order valence-electron chi connectivity index (χ1n) is 4.96. The first-order valence-corrected chi connectivity index (χ1v) is 6.50. The number of rotatable bonds is 0. The van der Waals surface area contributed by atoms with Crippen LogP contribution in [0.25, 0.3) is 0 Å². The van der Waals surface area contributed by atoms with Crippen LogP contribution in [0.4, 0.5) is 0 Å². The van der Waals surface area contributed by atoms with Crippen LogP contribution in [0.15, 0.2) is 0 Å². The largest absolute Gasteiger partial charge is 0.442 e. The minimum atomic E-state index is -3.41. The number of hydrogen-bond acceptors (Lipinski definition) is 4. The molecule has 2 rings (SSSR count). The van der Waals surface area contributed by atoms with E-state index in [-0.39, 0.29) is 0 Å². The van der Waals surface area contributed by atoms with Crippen molar-refractivity contribution in [1.29, 1.82) is 0 Å². The van der Waals surface area contributed by atoms with Gasteiger partial charge in [-0.15, -0.1) is 0 Å². The van der Waals surface area contributed by atoms with Gasteiger partial charge in [0.2, 0.25) is 14.8 Å². The number of carbonyl (C=O) groups excluding carboxylic acids is 1. The fourth-order valence-electron chi connectivity index (χ4n) is 2.25. The summed E-state index contributed by atoms with van der Waals surface area (Å²) in [5, 5.41) is -0.972. The molecule has 2 fully saturated rings. The molecule has 1 aliphatic carbocycles. The fraction of sp³-hybridized carbons (Fsp3) is 0.889. The summed E-state index contributed by atoms with van der Waals surface area (Å²) in [6, 6.07) is 0. The van der Waals surface area contributed by atoms with Gasteiger partial charge in [-0.05, 0) is 19.8 Å². The van der Waals surface area contributed by atoms with Crippen LogP contribution in [-0.4, -0.2) is 24.6 Å². The Labute approximate surface area is 83.5 Å². The highest BCUT2D eigenvalue weighted by atomic mass is 32.2. The zero-order valence-electron chi connectivity index (χ0n) is 8.15. The Kier molecular flexibility index (Phi) is 2.10. The lowest BCUT2D eigenvalue weighted by Crippen LogP contribution is -2.39. The first-order chi connectivity index (χ1) is 6.50. The SMILES string of the molecule is CC1C(=O)OC2(CCCCC2)S1(=O)=O. The van der Waals surface area contributed by atoms with E-state index in [1.165, 1.54) is 6.92 Å². The van der Waals surface area contributed by atoms with E-state index >= 15 is 0 Å². The predicted octanol–water partition coefficient (Wildman–Crippen LogP) is 1.01. The van der Waals surface area contributed by atoms with Crippen LogP contribution in [0.3, 0.4) is 0 Å². The molecule has 0 aromatic heterocycles. The van der Waals surface area contributed by atoms with Gasteiger partial charge in [0.1, 0.15) is 0 Å². The van der Waals surface area contributed by atoms with Gasteiger partial charge in [0.05, 0.1) is 0 Å². The van der Waals surface area contributed by atoms with Crippen molar-refractivity contribution < 1.29 is 17.9 Å². The molecule has 1 aliphatic heterocycles. The molecular weight excluding hydrogens is 204 g/mol. The Balaban J connectivity index is 2.41. The van der Waals surface area contributed by atoms with Crippen LogP contribution in [-0.2, 0) is 19.4 Å². The van der Waals surface area contributed by atoms with E-state index in [0.29, 0.717) is 12.8 Å². The van der Waals surface area contributed by atoms with Crippen LogP contribution < -0.4 is 0 Å². The molecule has 1 saturated carbocycles. The predicted molar refractivity (Wildman–Crippen MR) is 50.3 cm³/mol. The van der Waals surface area contributed by atoms with Crippen molar-refractivity contribution in [2.45, 2.75) is 49.2 Å². The molecule has 0 amide bonds. The topological polar surface area (TPSA) is 60.4 Å². The van der Waals surface area contributed by atoms with Gasteiger partial charge in [-0.1, -0.05) is 6.42 Å². The monoisotopic (exact) mass is 218 g/mol. The van der Waals surface area contributed by atoms with Crippen molar-refractivity contribution in [3.63, 3.8) is 0 Å². The highest BCUT2D eigenvalue weighted by molar-refractivity contribution is 7.94. The molecule has 0 radical (unpaired) electrons. The van der Waals surface area contributed by atoms with Gasteiger partial charge < -0.3 is 4.74 Å². The van der Waals surface area contributed by atoms with Crippen molar-refractivity contribution in [2.24, 2.45) is 0 Å². The average molecular weight is 218 g/mol. The summed E-state index contributed by atoms with van der Waals surface area (Å²) >= 11 is 0. The van der Waals surface area contributed by atoms with Gasteiger partial charge in [0, 0.05) is 12.8 Å². The van der Waals surface area contributed by atoms with Crippen molar-refractivity contribution in [3.8, 4) is 0 Å². The van der Waals surface area contributed by atoms with Gasteiger partial charge in [0.15, 0.2) is 5.25 Å². The van der Waals surface area contributed by atoms with E-state index in [1.807, 2.05) is 0 Å². The van der Waals surface area contributed by atoms with Gasteiger partial charge in [-0.2, -0.15) is 0 Å². The molecule has 1 saturated heterocycles. The van der Waals surface area contributed by atoms with Crippen LogP contribution >= 0.6 is 0 Å². The molecule has 0 aromatic rings. The standard InChI is InChI=1S/C9H14O4S/c1-7-8(10)13-9(14(7,11)12)5-3-2-4-6-9/h7H,2-6H2,1H3. The molecule has 5 heteroatoms. The van der Waals surface area contributed by atoms with E-state index in [2.05, 4.69) is 0 Å². The second-order valence-corrected chi connectivity index (χ2v) is 6.62. The smallest absolute Gasteiger partial charge is 0.325 e. The Bertz CT molecular complexity index is 351. The normalized spacial score (nSPS) is 34.4. The molecule has 14 heavy (non-hydrogen) atoms. The lowest BCUT2D eigenvalue weighted by atomic mass is 9.97. The minimum absolute atomic E-state index is 0.478. The van der Waals surface area contributed by atoms with Crippen LogP contribution in [0, 0.1) is 0 Å². The number of hydrogen-bond donors (Lipinski definition) is 0. The molecule has 1 heterocycles. The summed E-state index contributed by atoms with van der Waals surface area (Å²) < 4.78 is 29.0. The molecule has 4 nitrogen and oxygen atoms in total. The maximum atomic E-state index is 11.9. The van der Waals surface area contributed by atoms with E-state index in [9.17, 15) is 13.2 Å². The number of esters is 1.